The number of benzene rings is 2. The number of halogens is 3. The van der Waals surface area contributed by atoms with E-state index in [1.54, 1.807) is 6.07 Å². The van der Waals surface area contributed by atoms with E-state index in [0.29, 0.717) is 5.52 Å². The van der Waals surface area contributed by atoms with Crippen LogP contribution in [-0.4, -0.2) is 10.9 Å². The summed E-state index contributed by atoms with van der Waals surface area (Å²) in [6, 6.07) is 15.5. The fourth-order valence-corrected chi connectivity index (χ4v) is 2.12. The van der Waals surface area contributed by atoms with E-state index in [0.717, 1.165) is 11.1 Å². The molecule has 0 bridgehead atoms. The van der Waals surface area contributed by atoms with Gasteiger partial charge in [-0.25, -0.2) is 0 Å². The number of para-hydroxylation sites is 1. The molecule has 0 amide bonds. The van der Waals surface area contributed by atoms with Crippen molar-refractivity contribution in [2.75, 3.05) is 0 Å². The lowest BCUT2D eigenvalue weighted by atomic mass is 10.2. The average molecular weight is 277 g/mol. The number of rotatable bonds is 2. The van der Waals surface area contributed by atoms with E-state index in [9.17, 15) is 13.2 Å². The van der Waals surface area contributed by atoms with Crippen LogP contribution in [0.2, 0.25) is 0 Å². The molecule has 0 spiro atoms. The van der Waals surface area contributed by atoms with Gasteiger partial charge in [-0.05, 0) is 30.3 Å². The van der Waals surface area contributed by atoms with Gasteiger partial charge in [0.05, 0.1) is 5.52 Å². The van der Waals surface area contributed by atoms with Crippen molar-refractivity contribution in [1.29, 1.82) is 0 Å². The molecule has 1 aromatic heterocycles. The molecule has 20 heavy (non-hydrogen) atoms. The molecule has 2 aromatic carbocycles. The Balaban J connectivity index is 2.09. The molecule has 0 atom stereocenters. The summed E-state index contributed by atoms with van der Waals surface area (Å²) in [5.74, 6) is -0.221. The highest BCUT2D eigenvalue weighted by atomic mass is 19.4. The van der Waals surface area contributed by atoms with Gasteiger partial charge in [0, 0.05) is 23.3 Å². The average Bonchev–Trinajstić information content (AvgIpc) is 2.81. The van der Waals surface area contributed by atoms with Crippen LogP contribution in [0.5, 0.6) is 5.75 Å². The van der Waals surface area contributed by atoms with Gasteiger partial charge in [0.15, 0.2) is 0 Å². The fourth-order valence-electron chi connectivity index (χ4n) is 2.12. The number of hydrogen-bond donors (Lipinski definition) is 0. The lowest BCUT2D eigenvalue weighted by Gasteiger charge is -2.10. The van der Waals surface area contributed by atoms with Crippen molar-refractivity contribution in [3.63, 3.8) is 0 Å². The van der Waals surface area contributed by atoms with Crippen LogP contribution in [0.25, 0.3) is 16.6 Å². The molecule has 0 saturated carbocycles. The van der Waals surface area contributed by atoms with E-state index in [1.807, 2.05) is 47.2 Å². The predicted molar refractivity (Wildman–Crippen MR) is 70.0 cm³/mol. The Bertz CT molecular complexity index is 732. The summed E-state index contributed by atoms with van der Waals surface area (Å²) in [6.45, 7) is 0. The first kappa shape index (κ1) is 12.6. The minimum absolute atomic E-state index is 0.221. The van der Waals surface area contributed by atoms with Gasteiger partial charge in [-0.2, -0.15) is 0 Å². The molecule has 0 radical (unpaired) electrons. The van der Waals surface area contributed by atoms with Crippen LogP contribution in [-0.2, 0) is 0 Å². The van der Waals surface area contributed by atoms with Crippen LogP contribution in [0.4, 0.5) is 13.2 Å². The minimum Gasteiger partial charge on any atom is -0.406 e. The normalized spacial score (nSPS) is 11.8. The van der Waals surface area contributed by atoms with Crippen LogP contribution in [0.1, 0.15) is 0 Å². The van der Waals surface area contributed by atoms with E-state index >= 15 is 0 Å². The highest BCUT2D eigenvalue weighted by Crippen LogP contribution is 2.28. The van der Waals surface area contributed by atoms with Crippen molar-refractivity contribution < 1.29 is 17.9 Å². The number of aromatic nitrogens is 1. The molecule has 102 valence electrons. The van der Waals surface area contributed by atoms with E-state index in [-0.39, 0.29) is 5.75 Å². The van der Waals surface area contributed by atoms with Gasteiger partial charge in [-0.1, -0.05) is 18.2 Å². The van der Waals surface area contributed by atoms with E-state index in [4.69, 9.17) is 0 Å². The Hall–Kier alpha value is -2.43. The summed E-state index contributed by atoms with van der Waals surface area (Å²) in [5, 5.41) is 0.850. The number of nitrogens with zero attached hydrogens (tertiary/aromatic N) is 1. The number of alkyl halides is 3. The third-order valence-electron chi connectivity index (χ3n) is 2.93. The van der Waals surface area contributed by atoms with Crippen molar-refractivity contribution in [2.45, 2.75) is 6.36 Å². The molecule has 2 nitrogen and oxygen atoms in total. The molecule has 0 aliphatic heterocycles. The minimum atomic E-state index is -4.68. The first-order valence-electron chi connectivity index (χ1n) is 5.95. The standard InChI is InChI=1S/C15H10F3NO/c16-15(17,18)20-13-7-6-11-8-9-19(14(11)10-13)12-4-2-1-3-5-12/h1-10H. The van der Waals surface area contributed by atoms with E-state index < -0.39 is 6.36 Å². The molecule has 0 fully saturated rings. The molecule has 0 N–H and O–H groups in total. The van der Waals surface area contributed by atoms with Crippen molar-refractivity contribution in [2.24, 2.45) is 0 Å². The SMILES string of the molecule is FC(F)(F)Oc1ccc2ccn(-c3ccccc3)c2c1. The number of ether oxygens (including phenoxy) is 1. The first-order chi connectivity index (χ1) is 9.53. The van der Waals surface area contributed by atoms with Gasteiger partial charge < -0.3 is 9.30 Å². The molecule has 1 heterocycles. The van der Waals surface area contributed by atoms with Crippen molar-refractivity contribution in [1.82, 2.24) is 4.57 Å². The van der Waals surface area contributed by atoms with Gasteiger partial charge in [0.1, 0.15) is 5.75 Å². The second-order valence-corrected chi connectivity index (χ2v) is 4.29. The number of fused-ring (bicyclic) bond motifs is 1. The topological polar surface area (TPSA) is 14.2 Å². The van der Waals surface area contributed by atoms with Crippen LogP contribution >= 0.6 is 0 Å². The van der Waals surface area contributed by atoms with Crippen LogP contribution in [0, 0.1) is 0 Å². The zero-order valence-corrected chi connectivity index (χ0v) is 10.3. The van der Waals surface area contributed by atoms with Crippen LogP contribution in [0.15, 0.2) is 60.8 Å². The molecule has 0 unspecified atom stereocenters. The third kappa shape index (κ3) is 2.47. The van der Waals surface area contributed by atoms with Gasteiger partial charge in [0.2, 0.25) is 0 Å². The van der Waals surface area contributed by atoms with E-state index in [1.165, 1.54) is 12.1 Å². The van der Waals surface area contributed by atoms with Gasteiger partial charge in [0.25, 0.3) is 0 Å². The highest BCUT2D eigenvalue weighted by Gasteiger charge is 2.31. The Kier molecular flexibility index (Phi) is 2.89. The largest absolute Gasteiger partial charge is 0.573 e. The highest BCUT2D eigenvalue weighted by molar-refractivity contribution is 5.83. The molecular formula is C15H10F3NO. The molecular weight excluding hydrogens is 267 g/mol. The zero-order valence-electron chi connectivity index (χ0n) is 10.3. The van der Waals surface area contributed by atoms with E-state index in [2.05, 4.69) is 4.74 Å². The maximum absolute atomic E-state index is 12.3. The molecule has 0 aliphatic rings. The fraction of sp³-hybridized carbons (Fsp3) is 0.0667. The summed E-state index contributed by atoms with van der Waals surface area (Å²) in [5.41, 5.74) is 1.55. The third-order valence-corrected chi connectivity index (χ3v) is 2.93. The predicted octanol–water partition coefficient (Wildman–Crippen LogP) is 4.53. The quantitative estimate of drug-likeness (QED) is 0.671. The number of hydrogen-bond acceptors (Lipinski definition) is 1. The molecule has 3 aromatic rings. The second kappa shape index (κ2) is 4.59. The maximum Gasteiger partial charge on any atom is 0.573 e. The van der Waals surface area contributed by atoms with Gasteiger partial charge in [-0.15, -0.1) is 13.2 Å². The summed E-state index contributed by atoms with van der Waals surface area (Å²) >= 11 is 0. The lowest BCUT2D eigenvalue weighted by molar-refractivity contribution is -0.274. The van der Waals surface area contributed by atoms with Gasteiger partial charge in [-0.3, -0.25) is 0 Å². The summed E-state index contributed by atoms with van der Waals surface area (Å²) in [6.07, 6.45) is -2.87. The Morgan fingerprint density at radius 2 is 1.65 bits per heavy atom. The smallest absolute Gasteiger partial charge is 0.406 e. The van der Waals surface area contributed by atoms with Crippen molar-refractivity contribution >= 4 is 10.9 Å². The monoisotopic (exact) mass is 277 g/mol. The maximum atomic E-state index is 12.3. The zero-order chi connectivity index (χ0) is 14.2. The van der Waals surface area contributed by atoms with Crippen LogP contribution in [0.3, 0.4) is 0 Å². The van der Waals surface area contributed by atoms with Gasteiger partial charge >= 0.3 is 6.36 Å². The lowest BCUT2D eigenvalue weighted by Crippen LogP contribution is -2.17. The Morgan fingerprint density at radius 3 is 2.35 bits per heavy atom. The summed E-state index contributed by atoms with van der Waals surface area (Å²) < 4.78 is 42.6. The molecule has 0 saturated heterocycles. The summed E-state index contributed by atoms with van der Waals surface area (Å²) in [4.78, 5) is 0. The Morgan fingerprint density at radius 1 is 0.900 bits per heavy atom. The van der Waals surface area contributed by atoms with Crippen molar-refractivity contribution in [3.8, 4) is 11.4 Å². The molecule has 5 heteroatoms. The molecule has 3 rings (SSSR count). The first-order valence-corrected chi connectivity index (χ1v) is 5.95. The Labute approximate surface area is 113 Å². The summed E-state index contributed by atoms with van der Waals surface area (Å²) in [7, 11) is 0. The van der Waals surface area contributed by atoms with Crippen LogP contribution < -0.4 is 4.74 Å². The van der Waals surface area contributed by atoms with Crippen molar-refractivity contribution in [3.05, 3.63) is 60.8 Å². The molecule has 0 aliphatic carbocycles. The second-order valence-electron chi connectivity index (χ2n) is 4.29.